The van der Waals surface area contributed by atoms with E-state index in [1.54, 1.807) is 13.8 Å². The van der Waals surface area contributed by atoms with E-state index in [-0.39, 0.29) is 11.4 Å². The van der Waals surface area contributed by atoms with Crippen molar-refractivity contribution < 1.29 is 18.0 Å². The molecule has 1 unspecified atom stereocenters. The molecule has 0 rings (SSSR count). The van der Waals surface area contributed by atoms with Gasteiger partial charge in [0.25, 0.3) is 0 Å². The van der Waals surface area contributed by atoms with Gasteiger partial charge in [0.1, 0.15) is 0 Å². The molecule has 0 radical (unpaired) electrons. The van der Waals surface area contributed by atoms with Crippen LogP contribution in [-0.4, -0.2) is 23.7 Å². The van der Waals surface area contributed by atoms with Crippen LogP contribution >= 0.6 is 0 Å². The van der Waals surface area contributed by atoms with Gasteiger partial charge in [0.15, 0.2) is 0 Å². The molecule has 0 heterocycles. The van der Waals surface area contributed by atoms with Crippen molar-refractivity contribution in [3.8, 4) is 0 Å². The molecule has 0 aliphatic carbocycles. The first-order valence-electron chi connectivity index (χ1n) is 5.22. The fourth-order valence-corrected chi connectivity index (χ4v) is 1.12. The van der Waals surface area contributed by atoms with Crippen molar-refractivity contribution in [2.45, 2.75) is 46.3 Å². The molecule has 0 bridgehead atoms. The first-order valence-corrected chi connectivity index (χ1v) is 5.22. The third kappa shape index (κ3) is 4.53. The number of carbonyl (C=O) groups excluding carboxylic acids is 1. The smallest absolute Gasteiger partial charge is 0.274 e. The monoisotopic (exact) mass is 225 g/mol. The highest BCUT2D eigenvalue weighted by Crippen LogP contribution is 2.24. The minimum absolute atomic E-state index is 0.0324. The number of hydrogen-bond donors (Lipinski definition) is 0. The molecule has 0 saturated heterocycles. The van der Waals surface area contributed by atoms with Crippen LogP contribution in [0.3, 0.4) is 0 Å². The molecule has 15 heavy (non-hydrogen) atoms. The van der Waals surface area contributed by atoms with Crippen LogP contribution in [-0.2, 0) is 4.79 Å². The van der Waals surface area contributed by atoms with Gasteiger partial charge >= 0.3 is 6.30 Å². The molecule has 0 aromatic carbocycles. The normalized spacial score (nSPS) is 13.7. The van der Waals surface area contributed by atoms with Crippen molar-refractivity contribution in [3.05, 3.63) is 0 Å². The van der Waals surface area contributed by atoms with E-state index in [1.807, 2.05) is 0 Å². The van der Waals surface area contributed by atoms with Crippen LogP contribution in [0, 0.1) is 5.92 Å². The summed E-state index contributed by atoms with van der Waals surface area (Å²) in [5, 5.41) is 0. The average Bonchev–Trinajstić information content (AvgIpc) is 2.14. The largest absolute Gasteiger partial charge is 0.487 e. The molecular formula is C10H18F3NO. The Bertz CT molecular complexity index is 203. The number of nitrogens with zero attached hydrogens (tertiary/aromatic N) is 1. The summed E-state index contributed by atoms with van der Waals surface area (Å²) in [4.78, 5) is 11.5. The number of halogens is 3. The summed E-state index contributed by atoms with van der Waals surface area (Å²) in [5.41, 5.74) is 0. The number of alkyl halides is 3. The van der Waals surface area contributed by atoms with Crippen molar-refractivity contribution in [2.75, 3.05) is 6.54 Å². The minimum atomic E-state index is -4.55. The van der Waals surface area contributed by atoms with Gasteiger partial charge in [-0.25, -0.2) is 0 Å². The molecule has 0 fully saturated rings. The van der Waals surface area contributed by atoms with Crippen LogP contribution < -0.4 is 0 Å². The summed E-state index contributed by atoms with van der Waals surface area (Å²) in [6.45, 7) is 4.79. The lowest BCUT2D eigenvalue weighted by atomic mass is 10.1. The van der Waals surface area contributed by atoms with Gasteiger partial charge in [-0.15, -0.1) is 13.2 Å². The molecule has 5 heteroatoms. The molecule has 0 spiro atoms. The quantitative estimate of drug-likeness (QED) is 0.658. The highest BCUT2D eigenvalue weighted by molar-refractivity contribution is 5.78. The fourth-order valence-electron chi connectivity index (χ4n) is 1.12. The maximum absolute atomic E-state index is 12.5. The standard InChI is InChI=1S/C10H18F3NO/c1-4-6-7-14(10(11,12)13)9(15)8(3)5-2/h8H,4-7H2,1-3H3. The number of hydrogen-bond acceptors (Lipinski definition) is 1. The van der Waals surface area contributed by atoms with Gasteiger partial charge in [0.05, 0.1) is 0 Å². The molecule has 2 nitrogen and oxygen atoms in total. The number of rotatable bonds is 5. The van der Waals surface area contributed by atoms with Gasteiger partial charge < -0.3 is 0 Å². The van der Waals surface area contributed by atoms with Gasteiger partial charge in [-0.2, -0.15) is 0 Å². The van der Waals surface area contributed by atoms with Gasteiger partial charge in [-0.05, 0) is 12.8 Å². The zero-order valence-electron chi connectivity index (χ0n) is 9.40. The van der Waals surface area contributed by atoms with Crippen molar-refractivity contribution in [3.63, 3.8) is 0 Å². The van der Waals surface area contributed by atoms with E-state index in [9.17, 15) is 18.0 Å². The summed E-state index contributed by atoms with van der Waals surface area (Å²) in [6, 6.07) is 0. The SMILES string of the molecule is CCCCN(C(=O)C(C)CC)C(F)(F)F. The summed E-state index contributed by atoms with van der Waals surface area (Å²) in [6.07, 6.45) is -3.10. The van der Waals surface area contributed by atoms with Crippen molar-refractivity contribution >= 4 is 5.91 Å². The van der Waals surface area contributed by atoms with E-state index in [2.05, 4.69) is 0 Å². The second kappa shape index (κ2) is 5.98. The van der Waals surface area contributed by atoms with E-state index in [4.69, 9.17) is 0 Å². The molecule has 0 aliphatic heterocycles. The van der Waals surface area contributed by atoms with E-state index >= 15 is 0 Å². The predicted molar refractivity (Wildman–Crippen MR) is 52.1 cm³/mol. The Hall–Kier alpha value is -0.740. The third-order valence-electron chi connectivity index (χ3n) is 2.34. The zero-order valence-corrected chi connectivity index (χ0v) is 9.40. The van der Waals surface area contributed by atoms with Crippen molar-refractivity contribution in [2.24, 2.45) is 5.92 Å². The van der Waals surface area contributed by atoms with Crippen LogP contribution in [0.4, 0.5) is 13.2 Å². The van der Waals surface area contributed by atoms with Crippen LogP contribution in [0.5, 0.6) is 0 Å². The van der Waals surface area contributed by atoms with Gasteiger partial charge in [-0.3, -0.25) is 9.69 Å². The first-order chi connectivity index (χ1) is 6.84. The molecule has 1 atom stereocenters. The van der Waals surface area contributed by atoms with E-state index < -0.39 is 18.1 Å². The zero-order chi connectivity index (χ0) is 12.1. The second-order valence-corrected chi connectivity index (χ2v) is 3.62. The Kier molecular flexibility index (Phi) is 5.68. The fraction of sp³-hybridized carbons (Fsp3) is 0.900. The maximum atomic E-state index is 12.5. The van der Waals surface area contributed by atoms with Gasteiger partial charge in [-0.1, -0.05) is 27.2 Å². The molecule has 1 amide bonds. The van der Waals surface area contributed by atoms with Crippen LogP contribution in [0.1, 0.15) is 40.0 Å². The number of carbonyl (C=O) groups is 1. The molecule has 0 saturated carbocycles. The lowest BCUT2D eigenvalue weighted by Crippen LogP contribution is -2.45. The second-order valence-electron chi connectivity index (χ2n) is 3.62. The summed E-state index contributed by atoms with van der Waals surface area (Å²) in [7, 11) is 0. The Labute approximate surface area is 88.4 Å². The lowest BCUT2D eigenvalue weighted by molar-refractivity contribution is -0.242. The third-order valence-corrected chi connectivity index (χ3v) is 2.34. The minimum Gasteiger partial charge on any atom is -0.274 e. The van der Waals surface area contributed by atoms with E-state index in [0.717, 1.165) is 0 Å². The summed E-state index contributed by atoms with van der Waals surface area (Å²) in [5.74, 6) is -1.39. The van der Waals surface area contributed by atoms with Gasteiger partial charge in [0.2, 0.25) is 5.91 Å². The molecule has 0 N–H and O–H groups in total. The highest BCUT2D eigenvalue weighted by atomic mass is 19.4. The van der Waals surface area contributed by atoms with E-state index in [0.29, 0.717) is 19.3 Å². The maximum Gasteiger partial charge on any atom is 0.487 e. The van der Waals surface area contributed by atoms with Crippen LogP contribution in [0.2, 0.25) is 0 Å². The topological polar surface area (TPSA) is 20.3 Å². The van der Waals surface area contributed by atoms with Crippen molar-refractivity contribution in [1.82, 2.24) is 4.90 Å². The molecule has 90 valence electrons. The summed E-state index contributed by atoms with van der Waals surface area (Å²) < 4.78 is 37.5. The Balaban J connectivity index is 4.56. The molecular weight excluding hydrogens is 207 g/mol. The average molecular weight is 225 g/mol. The Morgan fingerprint density at radius 1 is 1.33 bits per heavy atom. The Morgan fingerprint density at radius 2 is 1.87 bits per heavy atom. The number of unbranched alkanes of at least 4 members (excludes halogenated alkanes) is 1. The number of amides is 1. The molecule has 0 aromatic rings. The molecule has 0 aliphatic rings. The lowest BCUT2D eigenvalue weighted by Gasteiger charge is -2.27. The van der Waals surface area contributed by atoms with Gasteiger partial charge in [0, 0.05) is 12.5 Å². The summed E-state index contributed by atoms with van der Waals surface area (Å²) >= 11 is 0. The highest BCUT2D eigenvalue weighted by Gasteiger charge is 2.41. The predicted octanol–water partition coefficient (Wildman–Crippen LogP) is 3.18. The van der Waals surface area contributed by atoms with Crippen LogP contribution in [0.15, 0.2) is 0 Å². The Morgan fingerprint density at radius 3 is 2.20 bits per heavy atom. The first kappa shape index (κ1) is 14.3. The van der Waals surface area contributed by atoms with E-state index in [1.165, 1.54) is 6.92 Å². The van der Waals surface area contributed by atoms with Crippen molar-refractivity contribution in [1.29, 1.82) is 0 Å². The molecule has 0 aromatic heterocycles. The van der Waals surface area contributed by atoms with Crippen LogP contribution in [0.25, 0.3) is 0 Å².